The first-order valence-electron chi connectivity index (χ1n) is 5.45. The van der Waals surface area contributed by atoms with E-state index in [1.165, 1.54) is 37.1 Å². The monoisotopic (exact) mass is 191 g/mol. The van der Waals surface area contributed by atoms with E-state index >= 15 is 0 Å². The van der Waals surface area contributed by atoms with Crippen LogP contribution in [-0.4, -0.2) is 16.3 Å². The molecule has 2 heterocycles. The van der Waals surface area contributed by atoms with Crippen molar-refractivity contribution in [2.45, 2.75) is 32.2 Å². The van der Waals surface area contributed by atoms with E-state index in [9.17, 15) is 0 Å². The van der Waals surface area contributed by atoms with E-state index in [4.69, 9.17) is 0 Å². The standard InChI is InChI=1S/C11H17N3/c1-8-9(6-14(2)13-8)10-11(7-12-10)4-3-5-11/h6,10,12H,3-5,7H2,1-2H3. The third-order valence-electron chi connectivity index (χ3n) is 3.98. The fourth-order valence-corrected chi connectivity index (χ4v) is 2.93. The molecule has 0 radical (unpaired) electrons. The number of aromatic nitrogens is 2. The Balaban J connectivity index is 1.92. The van der Waals surface area contributed by atoms with Crippen LogP contribution >= 0.6 is 0 Å². The predicted octanol–water partition coefficient (Wildman–Crippen LogP) is 1.54. The molecule has 3 rings (SSSR count). The lowest BCUT2D eigenvalue weighted by atomic mass is 9.58. The van der Waals surface area contributed by atoms with Gasteiger partial charge in [0.2, 0.25) is 0 Å². The Kier molecular flexibility index (Phi) is 1.57. The Morgan fingerprint density at radius 2 is 2.36 bits per heavy atom. The summed E-state index contributed by atoms with van der Waals surface area (Å²) in [5.74, 6) is 0. The molecular weight excluding hydrogens is 174 g/mol. The predicted molar refractivity (Wildman–Crippen MR) is 55.0 cm³/mol. The van der Waals surface area contributed by atoms with Gasteiger partial charge >= 0.3 is 0 Å². The van der Waals surface area contributed by atoms with Gasteiger partial charge in [0, 0.05) is 36.8 Å². The quantitative estimate of drug-likeness (QED) is 0.729. The third kappa shape index (κ3) is 0.934. The van der Waals surface area contributed by atoms with Crippen LogP contribution in [0, 0.1) is 12.3 Å². The van der Waals surface area contributed by atoms with Gasteiger partial charge in [0.25, 0.3) is 0 Å². The van der Waals surface area contributed by atoms with Crippen LogP contribution in [0.5, 0.6) is 0 Å². The van der Waals surface area contributed by atoms with Gasteiger partial charge in [-0.25, -0.2) is 0 Å². The van der Waals surface area contributed by atoms with Crippen LogP contribution in [0.2, 0.25) is 0 Å². The molecule has 1 saturated heterocycles. The van der Waals surface area contributed by atoms with Gasteiger partial charge in [-0.3, -0.25) is 4.68 Å². The molecule has 2 aliphatic rings. The first-order valence-corrected chi connectivity index (χ1v) is 5.45. The molecule has 1 aliphatic carbocycles. The van der Waals surface area contributed by atoms with Crippen molar-refractivity contribution in [2.75, 3.05) is 6.54 Å². The fourth-order valence-electron chi connectivity index (χ4n) is 2.93. The van der Waals surface area contributed by atoms with Crippen molar-refractivity contribution in [3.63, 3.8) is 0 Å². The third-order valence-corrected chi connectivity index (χ3v) is 3.98. The summed E-state index contributed by atoms with van der Waals surface area (Å²) < 4.78 is 1.93. The van der Waals surface area contributed by atoms with Crippen molar-refractivity contribution >= 4 is 0 Å². The van der Waals surface area contributed by atoms with E-state index in [1.54, 1.807) is 0 Å². The molecule has 1 atom stereocenters. The molecule has 1 N–H and O–H groups in total. The number of nitrogens with zero attached hydrogens (tertiary/aromatic N) is 2. The molecule has 2 fully saturated rings. The van der Waals surface area contributed by atoms with Crippen LogP contribution in [-0.2, 0) is 7.05 Å². The summed E-state index contributed by atoms with van der Waals surface area (Å²) in [4.78, 5) is 0. The first-order chi connectivity index (χ1) is 6.71. The van der Waals surface area contributed by atoms with E-state index < -0.39 is 0 Å². The molecule has 14 heavy (non-hydrogen) atoms. The van der Waals surface area contributed by atoms with Crippen molar-refractivity contribution in [1.82, 2.24) is 15.1 Å². The lowest BCUT2D eigenvalue weighted by molar-refractivity contribution is -0.00597. The lowest BCUT2D eigenvalue weighted by Crippen LogP contribution is -2.59. The molecule has 1 unspecified atom stereocenters. The summed E-state index contributed by atoms with van der Waals surface area (Å²) >= 11 is 0. The van der Waals surface area contributed by atoms with Crippen molar-refractivity contribution in [2.24, 2.45) is 12.5 Å². The highest BCUT2D eigenvalue weighted by Crippen LogP contribution is 2.55. The Labute approximate surface area is 84.5 Å². The average Bonchev–Trinajstić information content (AvgIpc) is 2.25. The highest BCUT2D eigenvalue weighted by atomic mass is 15.3. The summed E-state index contributed by atoms with van der Waals surface area (Å²) in [6, 6.07) is 0.588. The van der Waals surface area contributed by atoms with Crippen molar-refractivity contribution in [3.05, 3.63) is 17.5 Å². The largest absolute Gasteiger partial charge is 0.309 e. The molecule has 76 valence electrons. The Morgan fingerprint density at radius 3 is 2.71 bits per heavy atom. The number of hydrogen-bond donors (Lipinski definition) is 1. The van der Waals surface area contributed by atoms with Crippen LogP contribution in [0.1, 0.15) is 36.6 Å². The second kappa shape index (κ2) is 2.60. The minimum absolute atomic E-state index is 0.588. The van der Waals surface area contributed by atoms with Crippen molar-refractivity contribution in [3.8, 4) is 0 Å². The Morgan fingerprint density at radius 1 is 1.57 bits per heavy atom. The molecular formula is C11H17N3. The topological polar surface area (TPSA) is 29.9 Å². The molecule has 3 heteroatoms. The van der Waals surface area contributed by atoms with Gasteiger partial charge in [0.05, 0.1) is 5.69 Å². The molecule has 0 aromatic carbocycles. The van der Waals surface area contributed by atoms with E-state index in [2.05, 4.69) is 23.5 Å². The van der Waals surface area contributed by atoms with Crippen LogP contribution in [0.15, 0.2) is 6.20 Å². The highest BCUT2D eigenvalue weighted by molar-refractivity contribution is 5.27. The van der Waals surface area contributed by atoms with Crippen LogP contribution in [0.3, 0.4) is 0 Å². The minimum Gasteiger partial charge on any atom is -0.309 e. The van der Waals surface area contributed by atoms with Gasteiger partial charge in [-0.2, -0.15) is 5.10 Å². The summed E-state index contributed by atoms with van der Waals surface area (Å²) in [6.07, 6.45) is 6.39. The second-order valence-electron chi connectivity index (χ2n) is 4.87. The maximum Gasteiger partial charge on any atom is 0.0641 e. The number of rotatable bonds is 1. The number of aryl methyl sites for hydroxylation is 2. The Hall–Kier alpha value is -0.830. The fraction of sp³-hybridized carbons (Fsp3) is 0.727. The van der Waals surface area contributed by atoms with E-state index in [1.807, 2.05) is 11.7 Å². The lowest BCUT2D eigenvalue weighted by Gasteiger charge is -2.56. The van der Waals surface area contributed by atoms with Gasteiger partial charge < -0.3 is 5.32 Å². The molecule has 1 spiro atoms. The van der Waals surface area contributed by atoms with E-state index in [0.717, 1.165) is 0 Å². The van der Waals surface area contributed by atoms with E-state index in [0.29, 0.717) is 11.5 Å². The van der Waals surface area contributed by atoms with Gasteiger partial charge in [-0.1, -0.05) is 6.42 Å². The molecule has 1 aliphatic heterocycles. The zero-order valence-corrected chi connectivity index (χ0v) is 8.88. The number of nitrogens with one attached hydrogen (secondary N) is 1. The first kappa shape index (κ1) is 8.48. The molecule has 3 nitrogen and oxygen atoms in total. The number of hydrogen-bond acceptors (Lipinski definition) is 2. The zero-order chi connectivity index (χ0) is 9.76. The van der Waals surface area contributed by atoms with Crippen LogP contribution in [0.4, 0.5) is 0 Å². The summed E-state index contributed by atoms with van der Waals surface area (Å²) in [5, 5.41) is 7.97. The van der Waals surface area contributed by atoms with E-state index in [-0.39, 0.29) is 0 Å². The average molecular weight is 191 g/mol. The van der Waals surface area contributed by atoms with Crippen LogP contribution < -0.4 is 5.32 Å². The molecule has 1 aromatic rings. The van der Waals surface area contributed by atoms with Gasteiger partial charge in [-0.05, 0) is 19.8 Å². The highest BCUT2D eigenvalue weighted by Gasteiger charge is 2.51. The maximum absolute atomic E-state index is 4.41. The summed E-state index contributed by atoms with van der Waals surface area (Å²) in [7, 11) is 2.00. The SMILES string of the molecule is Cc1nn(C)cc1C1NCC12CCC2. The zero-order valence-electron chi connectivity index (χ0n) is 8.88. The molecule has 1 aromatic heterocycles. The molecule has 1 saturated carbocycles. The summed E-state index contributed by atoms with van der Waals surface area (Å²) in [6.45, 7) is 3.33. The minimum atomic E-state index is 0.588. The summed E-state index contributed by atoms with van der Waals surface area (Å²) in [5.41, 5.74) is 3.21. The van der Waals surface area contributed by atoms with Crippen LogP contribution in [0.25, 0.3) is 0 Å². The molecule has 0 bridgehead atoms. The Bertz CT molecular complexity index is 357. The second-order valence-corrected chi connectivity index (χ2v) is 4.87. The normalized spacial score (nSPS) is 28.6. The molecule has 0 amide bonds. The maximum atomic E-state index is 4.41. The van der Waals surface area contributed by atoms with Crippen molar-refractivity contribution in [1.29, 1.82) is 0 Å². The van der Waals surface area contributed by atoms with Crippen molar-refractivity contribution < 1.29 is 0 Å². The smallest absolute Gasteiger partial charge is 0.0641 e. The van der Waals surface area contributed by atoms with Gasteiger partial charge in [0.1, 0.15) is 0 Å². The van der Waals surface area contributed by atoms with Gasteiger partial charge in [-0.15, -0.1) is 0 Å². The van der Waals surface area contributed by atoms with Gasteiger partial charge in [0.15, 0.2) is 0 Å².